The number of benzene rings is 1. The molecule has 0 heterocycles. The third-order valence-electron chi connectivity index (χ3n) is 2.63. The number of anilines is 1. The van der Waals surface area contributed by atoms with Crippen LogP contribution in [0.3, 0.4) is 0 Å². The third kappa shape index (κ3) is 3.09. The van der Waals surface area contributed by atoms with E-state index in [9.17, 15) is 4.39 Å². The van der Waals surface area contributed by atoms with Gasteiger partial charge in [-0.05, 0) is 37.1 Å². The average molecular weight is 245 g/mol. The van der Waals surface area contributed by atoms with Crippen LogP contribution in [-0.4, -0.2) is 20.1 Å². The van der Waals surface area contributed by atoms with Crippen molar-refractivity contribution in [1.29, 1.82) is 0 Å². The van der Waals surface area contributed by atoms with Crippen LogP contribution in [0.5, 0.6) is 0 Å². The van der Waals surface area contributed by atoms with Crippen LogP contribution in [0.4, 0.5) is 10.1 Å². The van der Waals surface area contributed by atoms with E-state index >= 15 is 0 Å². The van der Waals surface area contributed by atoms with Crippen LogP contribution in [0.1, 0.15) is 12.5 Å². The summed E-state index contributed by atoms with van der Waals surface area (Å²) in [4.78, 5) is 1.93. The molecular formula is C12H18ClFN2. The molecule has 0 fully saturated rings. The van der Waals surface area contributed by atoms with Gasteiger partial charge in [-0.15, -0.1) is 0 Å². The SMILES string of the molecule is Cc1cc(Cl)c(N(C)CC(C)CN)cc1F. The van der Waals surface area contributed by atoms with E-state index < -0.39 is 0 Å². The standard InChI is InChI=1S/C12H18ClFN2/c1-8(6-15)7-16(3)12-5-11(14)9(2)4-10(12)13/h4-5,8H,6-7,15H2,1-3H3. The second-order valence-electron chi connectivity index (χ2n) is 4.27. The molecule has 0 aromatic heterocycles. The molecule has 1 atom stereocenters. The monoisotopic (exact) mass is 244 g/mol. The summed E-state index contributed by atoms with van der Waals surface area (Å²) in [5.41, 5.74) is 6.83. The molecule has 0 spiro atoms. The summed E-state index contributed by atoms with van der Waals surface area (Å²) in [5, 5.41) is 0.575. The summed E-state index contributed by atoms with van der Waals surface area (Å²) in [6.45, 7) is 5.12. The Morgan fingerprint density at radius 2 is 2.12 bits per heavy atom. The Hall–Kier alpha value is -0.800. The molecule has 1 unspecified atom stereocenters. The lowest BCUT2D eigenvalue weighted by atomic mass is 10.1. The van der Waals surface area contributed by atoms with E-state index in [1.807, 2.05) is 11.9 Å². The van der Waals surface area contributed by atoms with Gasteiger partial charge in [-0.2, -0.15) is 0 Å². The second-order valence-corrected chi connectivity index (χ2v) is 4.68. The van der Waals surface area contributed by atoms with Crippen molar-refractivity contribution in [2.45, 2.75) is 13.8 Å². The van der Waals surface area contributed by atoms with Gasteiger partial charge in [-0.1, -0.05) is 18.5 Å². The van der Waals surface area contributed by atoms with Crippen molar-refractivity contribution in [2.24, 2.45) is 11.7 Å². The quantitative estimate of drug-likeness (QED) is 0.883. The molecule has 1 aromatic carbocycles. The summed E-state index contributed by atoms with van der Waals surface area (Å²) in [5.74, 6) is 0.122. The number of aryl methyl sites for hydroxylation is 1. The van der Waals surface area contributed by atoms with Crippen molar-refractivity contribution in [1.82, 2.24) is 0 Å². The zero-order valence-electron chi connectivity index (χ0n) is 9.93. The summed E-state index contributed by atoms with van der Waals surface area (Å²) in [6, 6.07) is 3.12. The first kappa shape index (κ1) is 13.3. The second kappa shape index (κ2) is 5.51. The first-order valence-electron chi connectivity index (χ1n) is 5.32. The van der Waals surface area contributed by atoms with Gasteiger partial charge in [-0.3, -0.25) is 0 Å². The highest BCUT2D eigenvalue weighted by atomic mass is 35.5. The van der Waals surface area contributed by atoms with Crippen molar-refractivity contribution >= 4 is 17.3 Å². The molecule has 0 amide bonds. The maximum absolute atomic E-state index is 13.4. The van der Waals surface area contributed by atoms with E-state index in [1.165, 1.54) is 6.07 Å². The first-order valence-corrected chi connectivity index (χ1v) is 5.70. The highest BCUT2D eigenvalue weighted by Crippen LogP contribution is 2.28. The number of nitrogens with two attached hydrogens (primary N) is 1. The molecule has 2 nitrogen and oxygen atoms in total. The maximum atomic E-state index is 13.4. The van der Waals surface area contributed by atoms with Gasteiger partial charge in [0.15, 0.2) is 0 Å². The molecule has 0 radical (unpaired) electrons. The number of halogens is 2. The summed E-state index contributed by atoms with van der Waals surface area (Å²) in [7, 11) is 1.89. The minimum atomic E-state index is -0.230. The van der Waals surface area contributed by atoms with Crippen LogP contribution in [0, 0.1) is 18.7 Å². The molecule has 4 heteroatoms. The highest BCUT2D eigenvalue weighted by Gasteiger charge is 2.11. The van der Waals surface area contributed by atoms with Crippen molar-refractivity contribution in [2.75, 3.05) is 25.0 Å². The first-order chi connectivity index (χ1) is 7.45. The smallest absolute Gasteiger partial charge is 0.128 e. The largest absolute Gasteiger partial charge is 0.373 e. The number of rotatable bonds is 4. The Kier molecular flexibility index (Phi) is 4.56. The van der Waals surface area contributed by atoms with E-state index in [2.05, 4.69) is 6.92 Å². The molecule has 1 rings (SSSR count). The highest BCUT2D eigenvalue weighted by molar-refractivity contribution is 6.33. The lowest BCUT2D eigenvalue weighted by molar-refractivity contribution is 0.586. The van der Waals surface area contributed by atoms with Crippen molar-refractivity contribution in [3.8, 4) is 0 Å². The Bertz CT molecular complexity index is 368. The average Bonchev–Trinajstić information content (AvgIpc) is 2.23. The van der Waals surface area contributed by atoms with Crippen molar-refractivity contribution in [3.63, 3.8) is 0 Å². The van der Waals surface area contributed by atoms with E-state index in [1.54, 1.807) is 13.0 Å². The Balaban J connectivity index is 2.91. The van der Waals surface area contributed by atoms with Gasteiger partial charge >= 0.3 is 0 Å². The van der Waals surface area contributed by atoms with Crippen LogP contribution < -0.4 is 10.6 Å². The van der Waals surface area contributed by atoms with Crippen molar-refractivity contribution < 1.29 is 4.39 Å². The summed E-state index contributed by atoms with van der Waals surface area (Å²) in [6.07, 6.45) is 0. The maximum Gasteiger partial charge on any atom is 0.128 e. The van der Waals surface area contributed by atoms with E-state index in [4.69, 9.17) is 17.3 Å². The number of hydrogen-bond donors (Lipinski definition) is 1. The normalized spacial score (nSPS) is 12.6. The van der Waals surface area contributed by atoms with E-state index in [0.29, 0.717) is 28.7 Å². The Labute approximate surface area is 101 Å². The van der Waals surface area contributed by atoms with Crippen LogP contribution in [0.2, 0.25) is 5.02 Å². The topological polar surface area (TPSA) is 29.3 Å². The van der Waals surface area contributed by atoms with Crippen LogP contribution in [-0.2, 0) is 0 Å². The van der Waals surface area contributed by atoms with Crippen LogP contribution >= 0.6 is 11.6 Å². The fourth-order valence-electron chi connectivity index (χ4n) is 1.57. The molecule has 0 bridgehead atoms. The Morgan fingerprint density at radius 3 is 2.69 bits per heavy atom. The number of hydrogen-bond acceptors (Lipinski definition) is 2. The predicted octanol–water partition coefficient (Wildman–Crippen LogP) is 2.82. The lowest BCUT2D eigenvalue weighted by Gasteiger charge is -2.24. The molecule has 16 heavy (non-hydrogen) atoms. The Morgan fingerprint density at radius 1 is 1.50 bits per heavy atom. The minimum Gasteiger partial charge on any atom is -0.373 e. The predicted molar refractivity (Wildman–Crippen MR) is 67.6 cm³/mol. The van der Waals surface area contributed by atoms with Crippen LogP contribution in [0.15, 0.2) is 12.1 Å². The van der Waals surface area contributed by atoms with Gasteiger partial charge in [0.25, 0.3) is 0 Å². The number of nitrogens with zero attached hydrogens (tertiary/aromatic N) is 1. The summed E-state index contributed by atoms with van der Waals surface area (Å²) < 4.78 is 13.4. The van der Waals surface area contributed by atoms with Gasteiger partial charge in [-0.25, -0.2) is 4.39 Å². The molecule has 0 saturated heterocycles. The third-order valence-corrected chi connectivity index (χ3v) is 2.93. The van der Waals surface area contributed by atoms with E-state index in [-0.39, 0.29) is 5.82 Å². The molecule has 0 saturated carbocycles. The molecule has 2 N–H and O–H groups in total. The van der Waals surface area contributed by atoms with E-state index in [0.717, 1.165) is 6.54 Å². The van der Waals surface area contributed by atoms with Gasteiger partial charge in [0.2, 0.25) is 0 Å². The zero-order chi connectivity index (χ0) is 12.3. The van der Waals surface area contributed by atoms with Crippen LogP contribution in [0.25, 0.3) is 0 Å². The molecule has 1 aromatic rings. The van der Waals surface area contributed by atoms with Gasteiger partial charge < -0.3 is 10.6 Å². The minimum absolute atomic E-state index is 0.230. The molecule has 0 aliphatic rings. The van der Waals surface area contributed by atoms with Gasteiger partial charge in [0, 0.05) is 13.6 Å². The van der Waals surface area contributed by atoms with Gasteiger partial charge in [0.1, 0.15) is 5.82 Å². The molecule has 0 aliphatic heterocycles. The van der Waals surface area contributed by atoms with Crippen molar-refractivity contribution in [3.05, 3.63) is 28.5 Å². The lowest BCUT2D eigenvalue weighted by Crippen LogP contribution is -2.28. The zero-order valence-corrected chi connectivity index (χ0v) is 10.7. The molecular weight excluding hydrogens is 227 g/mol. The molecule has 90 valence electrons. The fraction of sp³-hybridized carbons (Fsp3) is 0.500. The summed E-state index contributed by atoms with van der Waals surface area (Å²) >= 11 is 6.08. The fourth-order valence-corrected chi connectivity index (χ4v) is 1.93. The molecule has 0 aliphatic carbocycles. The van der Waals surface area contributed by atoms with Gasteiger partial charge in [0.05, 0.1) is 10.7 Å².